The van der Waals surface area contributed by atoms with Gasteiger partial charge in [-0.2, -0.15) is 4.98 Å². The van der Waals surface area contributed by atoms with Crippen LogP contribution >= 0.6 is 15.9 Å². The maximum Gasteiger partial charge on any atom is 0.308 e. The third-order valence-corrected chi connectivity index (χ3v) is 3.36. The molecule has 0 radical (unpaired) electrons. The van der Waals surface area contributed by atoms with Gasteiger partial charge in [0.25, 0.3) is 5.89 Å². The Balaban J connectivity index is 1.86. The number of rotatable bonds is 3. The fourth-order valence-electron chi connectivity index (χ4n) is 1.92. The van der Waals surface area contributed by atoms with Gasteiger partial charge in [0.1, 0.15) is 5.75 Å². The summed E-state index contributed by atoms with van der Waals surface area (Å²) in [5.74, 6) is 1.04. The number of carbonyl (C=O) groups is 1. The Kier molecular flexibility index (Phi) is 4.02. The SMILES string of the molecule is CC(=O)Oc1ccc(-c2nc(-c3cccc(Br)c3)no2)cc1. The summed E-state index contributed by atoms with van der Waals surface area (Å²) in [7, 11) is 0. The first-order valence-electron chi connectivity index (χ1n) is 6.50. The molecule has 2 aromatic carbocycles. The van der Waals surface area contributed by atoms with E-state index in [1.165, 1.54) is 6.92 Å². The molecule has 1 heterocycles. The van der Waals surface area contributed by atoms with Crippen LogP contribution in [0.2, 0.25) is 0 Å². The van der Waals surface area contributed by atoms with Gasteiger partial charge in [-0.25, -0.2) is 0 Å². The highest BCUT2D eigenvalue weighted by atomic mass is 79.9. The number of hydrogen-bond donors (Lipinski definition) is 0. The first-order valence-corrected chi connectivity index (χ1v) is 7.29. The molecular formula is C16H11BrN2O3. The van der Waals surface area contributed by atoms with Crippen molar-refractivity contribution in [3.05, 3.63) is 53.0 Å². The van der Waals surface area contributed by atoms with Crippen LogP contribution < -0.4 is 4.74 Å². The van der Waals surface area contributed by atoms with Crippen LogP contribution in [0.5, 0.6) is 5.75 Å². The second kappa shape index (κ2) is 6.11. The van der Waals surface area contributed by atoms with Gasteiger partial charge in [-0.05, 0) is 36.4 Å². The Morgan fingerprint density at radius 1 is 1.14 bits per heavy atom. The van der Waals surface area contributed by atoms with Gasteiger partial charge in [-0.1, -0.05) is 33.2 Å². The number of halogens is 1. The van der Waals surface area contributed by atoms with Crippen molar-refractivity contribution in [1.82, 2.24) is 10.1 Å². The van der Waals surface area contributed by atoms with E-state index in [2.05, 4.69) is 26.1 Å². The molecule has 6 heteroatoms. The lowest BCUT2D eigenvalue weighted by molar-refractivity contribution is -0.131. The molecule has 3 rings (SSSR count). The van der Waals surface area contributed by atoms with Crippen molar-refractivity contribution < 1.29 is 14.1 Å². The topological polar surface area (TPSA) is 65.2 Å². The van der Waals surface area contributed by atoms with Gasteiger partial charge in [0, 0.05) is 22.5 Å². The molecule has 1 aromatic heterocycles. The Bertz CT molecular complexity index is 812. The highest BCUT2D eigenvalue weighted by molar-refractivity contribution is 9.10. The van der Waals surface area contributed by atoms with Crippen LogP contribution in [0.25, 0.3) is 22.8 Å². The van der Waals surface area contributed by atoms with E-state index in [0.29, 0.717) is 17.5 Å². The minimum atomic E-state index is -0.359. The van der Waals surface area contributed by atoms with E-state index in [4.69, 9.17) is 9.26 Å². The van der Waals surface area contributed by atoms with Gasteiger partial charge >= 0.3 is 5.97 Å². The standard InChI is InChI=1S/C16H11BrN2O3/c1-10(20)21-14-7-5-11(6-8-14)16-18-15(19-22-16)12-3-2-4-13(17)9-12/h2-9H,1H3. The monoisotopic (exact) mass is 358 g/mol. The van der Waals surface area contributed by atoms with Crippen LogP contribution in [-0.2, 0) is 4.79 Å². The van der Waals surface area contributed by atoms with E-state index in [1.54, 1.807) is 24.3 Å². The predicted octanol–water partition coefficient (Wildman–Crippen LogP) is 4.09. The minimum Gasteiger partial charge on any atom is -0.427 e. The molecule has 3 aromatic rings. The molecule has 0 aliphatic rings. The molecule has 5 nitrogen and oxygen atoms in total. The van der Waals surface area contributed by atoms with Crippen molar-refractivity contribution in [1.29, 1.82) is 0 Å². The van der Waals surface area contributed by atoms with E-state index >= 15 is 0 Å². The summed E-state index contributed by atoms with van der Waals surface area (Å²) in [4.78, 5) is 15.3. The molecule has 0 bridgehead atoms. The molecule has 0 aliphatic heterocycles. The maximum atomic E-state index is 10.9. The fraction of sp³-hybridized carbons (Fsp3) is 0.0625. The van der Waals surface area contributed by atoms with Crippen molar-refractivity contribution in [3.63, 3.8) is 0 Å². The second-order valence-corrected chi connectivity index (χ2v) is 5.47. The van der Waals surface area contributed by atoms with Crippen molar-refractivity contribution in [3.8, 4) is 28.6 Å². The Morgan fingerprint density at radius 3 is 2.59 bits per heavy atom. The first kappa shape index (κ1) is 14.5. The van der Waals surface area contributed by atoms with Crippen LogP contribution in [0.3, 0.4) is 0 Å². The first-order chi connectivity index (χ1) is 10.6. The molecule has 0 N–H and O–H groups in total. The number of esters is 1. The molecule has 0 aliphatic carbocycles. The lowest BCUT2D eigenvalue weighted by Gasteiger charge is -2.00. The predicted molar refractivity (Wildman–Crippen MR) is 84.2 cm³/mol. The number of hydrogen-bond acceptors (Lipinski definition) is 5. The molecule has 0 fully saturated rings. The third kappa shape index (κ3) is 3.23. The number of ether oxygens (including phenoxy) is 1. The van der Waals surface area contributed by atoms with Gasteiger partial charge in [0.2, 0.25) is 5.82 Å². The van der Waals surface area contributed by atoms with Crippen LogP contribution in [-0.4, -0.2) is 16.1 Å². The highest BCUT2D eigenvalue weighted by Gasteiger charge is 2.11. The molecular weight excluding hydrogens is 348 g/mol. The van der Waals surface area contributed by atoms with E-state index in [0.717, 1.165) is 15.6 Å². The molecule has 110 valence electrons. The van der Waals surface area contributed by atoms with Crippen LogP contribution in [0, 0.1) is 0 Å². The summed E-state index contributed by atoms with van der Waals surface area (Å²) >= 11 is 3.41. The molecule has 0 amide bonds. The van der Waals surface area contributed by atoms with Gasteiger partial charge in [-0.3, -0.25) is 4.79 Å². The zero-order valence-electron chi connectivity index (χ0n) is 11.6. The van der Waals surface area contributed by atoms with Crippen molar-refractivity contribution in [2.75, 3.05) is 0 Å². The number of carbonyl (C=O) groups excluding carboxylic acids is 1. The lowest BCUT2D eigenvalue weighted by atomic mass is 10.2. The summed E-state index contributed by atoms with van der Waals surface area (Å²) in [5.41, 5.74) is 1.62. The van der Waals surface area contributed by atoms with Gasteiger partial charge in [0.05, 0.1) is 0 Å². The van der Waals surface area contributed by atoms with Gasteiger partial charge in [-0.15, -0.1) is 0 Å². The number of benzene rings is 2. The van der Waals surface area contributed by atoms with E-state index < -0.39 is 0 Å². The fourth-order valence-corrected chi connectivity index (χ4v) is 2.32. The zero-order chi connectivity index (χ0) is 15.5. The normalized spacial score (nSPS) is 10.5. The molecule has 0 atom stereocenters. The summed E-state index contributed by atoms with van der Waals surface area (Å²) in [6, 6.07) is 14.5. The van der Waals surface area contributed by atoms with E-state index in [-0.39, 0.29) is 5.97 Å². The van der Waals surface area contributed by atoms with Crippen molar-refractivity contribution >= 4 is 21.9 Å². The average molecular weight is 359 g/mol. The Hall–Kier alpha value is -2.47. The summed E-state index contributed by atoms with van der Waals surface area (Å²) in [6.45, 7) is 1.36. The Labute approximate surface area is 135 Å². The molecule has 22 heavy (non-hydrogen) atoms. The largest absolute Gasteiger partial charge is 0.427 e. The summed E-state index contributed by atoms with van der Waals surface area (Å²) in [6.07, 6.45) is 0. The Morgan fingerprint density at radius 2 is 1.91 bits per heavy atom. The van der Waals surface area contributed by atoms with Gasteiger partial charge < -0.3 is 9.26 Å². The summed E-state index contributed by atoms with van der Waals surface area (Å²) in [5, 5.41) is 3.98. The average Bonchev–Trinajstić information content (AvgIpc) is 2.97. The molecule has 0 spiro atoms. The smallest absolute Gasteiger partial charge is 0.308 e. The minimum absolute atomic E-state index is 0.359. The lowest BCUT2D eigenvalue weighted by Crippen LogP contribution is -2.00. The number of nitrogens with zero attached hydrogens (tertiary/aromatic N) is 2. The highest BCUT2D eigenvalue weighted by Crippen LogP contribution is 2.25. The second-order valence-electron chi connectivity index (χ2n) is 4.55. The quantitative estimate of drug-likeness (QED) is 0.521. The molecule has 0 saturated heterocycles. The van der Waals surface area contributed by atoms with E-state index in [1.807, 2.05) is 24.3 Å². The summed E-state index contributed by atoms with van der Waals surface area (Å²) < 4.78 is 11.2. The van der Waals surface area contributed by atoms with Crippen LogP contribution in [0.4, 0.5) is 0 Å². The zero-order valence-corrected chi connectivity index (χ0v) is 13.2. The van der Waals surface area contributed by atoms with Crippen molar-refractivity contribution in [2.45, 2.75) is 6.92 Å². The van der Waals surface area contributed by atoms with Crippen LogP contribution in [0.1, 0.15) is 6.92 Å². The third-order valence-electron chi connectivity index (χ3n) is 2.87. The van der Waals surface area contributed by atoms with Gasteiger partial charge in [0.15, 0.2) is 0 Å². The van der Waals surface area contributed by atoms with Crippen molar-refractivity contribution in [2.24, 2.45) is 0 Å². The molecule has 0 unspecified atom stereocenters. The van der Waals surface area contributed by atoms with E-state index in [9.17, 15) is 4.79 Å². The maximum absolute atomic E-state index is 10.9. The molecule has 0 saturated carbocycles. The van der Waals surface area contributed by atoms with Crippen LogP contribution in [0.15, 0.2) is 57.5 Å². The number of aromatic nitrogens is 2.